The van der Waals surface area contributed by atoms with Crippen LogP contribution in [0.2, 0.25) is 0 Å². The number of nitrogens with one attached hydrogen (secondary N) is 1. The molecule has 0 amide bonds. The number of ketones is 1. The van der Waals surface area contributed by atoms with Crippen LogP contribution in [0.25, 0.3) is 6.08 Å². The Balaban J connectivity index is 1.66. The van der Waals surface area contributed by atoms with E-state index in [4.69, 9.17) is 5.73 Å². The smallest absolute Gasteiger partial charge is 0.180 e. The van der Waals surface area contributed by atoms with Crippen LogP contribution in [0.1, 0.15) is 21.5 Å². The molecule has 4 heteroatoms. The highest BCUT2D eigenvalue weighted by Gasteiger charge is 2.18. The molecule has 1 fully saturated rings. The Morgan fingerprint density at radius 3 is 2.54 bits per heavy atom. The van der Waals surface area contributed by atoms with Crippen LogP contribution in [0, 0.1) is 0 Å². The number of carbonyl (C=O) groups is 1. The molecule has 1 heterocycles. The number of nitrogens with two attached hydrogens (primary N) is 1. The van der Waals surface area contributed by atoms with Gasteiger partial charge in [-0.15, -0.1) is 0 Å². The predicted octanol–water partition coefficient (Wildman–Crippen LogP) is 2.36. The Hall–Kier alpha value is -2.27. The highest BCUT2D eigenvalue weighted by Crippen LogP contribution is 2.15. The van der Waals surface area contributed by atoms with E-state index in [1.807, 2.05) is 60.7 Å². The third-order valence-corrected chi connectivity index (χ3v) is 4.73. The number of benzene rings is 2. The first-order valence-corrected chi connectivity index (χ1v) is 9.26. The summed E-state index contributed by atoms with van der Waals surface area (Å²) in [6, 6.07) is 17.1. The molecule has 0 aromatic heterocycles. The minimum Gasteiger partial charge on any atom is -0.321 e. The molecule has 0 aliphatic carbocycles. The fraction of sp³-hybridized carbons (Fsp3) is 0.318. The van der Waals surface area contributed by atoms with Gasteiger partial charge in [0.25, 0.3) is 0 Å². The summed E-state index contributed by atoms with van der Waals surface area (Å²) in [7, 11) is 0. The molecular formula is C22H27N3O. The molecule has 26 heavy (non-hydrogen) atoms. The molecule has 1 atom stereocenters. The molecule has 2 aromatic rings. The molecule has 1 aliphatic heterocycles. The Kier molecular flexibility index (Phi) is 6.72. The van der Waals surface area contributed by atoms with E-state index >= 15 is 0 Å². The monoisotopic (exact) mass is 349 g/mol. The van der Waals surface area contributed by atoms with Crippen molar-refractivity contribution in [2.45, 2.75) is 12.5 Å². The van der Waals surface area contributed by atoms with E-state index in [-0.39, 0.29) is 5.78 Å². The van der Waals surface area contributed by atoms with Crippen molar-refractivity contribution < 1.29 is 4.79 Å². The molecule has 1 aliphatic rings. The van der Waals surface area contributed by atoms with Crippen LogP contribution in [-0.4, -0.2) is 49.4 Å². The second-order valence-electron chi connectivity index (χ2n) is 6.70. The number of Topliss-reactive ketones (excluding diaryl/α,β-unsaturated/α-hetero) is 1. The van der Waals surface area contributed by atoms with E-state index in [2.05, 4.69) is 16.3 Å². The number of hydrogen-bond donors (Lipinski definition) is 2. The molecule has 1 unspecified atom stereocenters. The van der Waals surface area contributed by atoms with Gasteiger partial charge in [-0.05, 0) is 17.5 Å². The molecule has 0 saturated carbocycles. The van der Waals surface area contributed by atoms with Crippen LogP contribution in [-0.2, 0) is 6.42 Å². The number of carbonyl (C=O) groups excluding carboxylic acids is 1. The third-order valence-electron chi connectivity index (χ3n) is 4.73. The molecule has 2 aromatic carbocycles. The summed E-state index contributed by atoms with van der Waals surface area (Å²) in [5.74, 6) is -0.00345. The molecule has 0 spiro atoms. The molecule has 4 nitrogen and oxygen atoms in total. The molecule has 0 radical (unpaired) electrons. The van der Waals surface area contributed by atoms with Gasteiger partial charge in [-0.2, -0.15) is 0 Å². The topological polar surface area (TPSA) is 58.4 Å². The lowest BCUT2D eigenvalue weighted by molar-refractivity contribution is 0.0960. The van der Waals surface area contributed by atoms with Crippen LogP contribution in [0.3, 0.4) is 0 Å². The highest BCUT2D eigenvalue weighted by atomic mass is 16.1. The van der Waals surface area contributed by atoms with E-state index in [1.165, 1.54) is 0 Å². The fourth-order valence-corrected chi connectivity index (χ4v) is 3.25. The van der Waals surface area contributed by atoms with Crippen molar-refractivity contribution in [2.24, 2.45) is 5.73 Å². The van der Waals surface area contributed by atoms with Crippen LogP contribution in [0.4, 0.5) is 0 Å². The first-order chi connectivity index (χ1) is 12.7. The van der Waals surface area contributed by atoms with Gasteiger partial charge in [-0.25, -0.2) is 0 Å². The van der Waals surface area contributed by atoms with Crippen molar-refractivity contribution in [1.29, 1.82) is 0 Å². The van der Waals surface area contributed by atoms with Crippen LogP contribution in [0.5, 0.6) is 0 Å². The lowest BCUT2D eigenvalue weighted by Gasteiger charge is -2.25. The normalized spacial score (nSPS) is 16.7. The lowest BCUT2D eigenvalue weighted by Crippen LogP contribution is -2.43. The summed E-state index contributed by atoms with van der Waals surface area (Å²) in [5.41, 5.74) is 8.93. The summed E-state index contributed by atoms with van der Waals surface area (Å²) in [4.78, 5) is 15.3. The maximum atomic E-state index is 12.9. The number of hydrogen-bond acceptors (Lipinski definition) is 4. The van der Waals surface area contributed by atoms with Crippen LogP contribution in [0.15, 0.2) is 60.7 Å². The van der Waals surface area contributed by atoms with E-state index in [0.717, 1.165) is 43.9 Å². The van der Waals surface area contributed by atoms with Crippen molar-refractivity contribution in [1.82, 2.24) is 10.2 Å². The quantitative estimate of drug-likeness (QED) is 0.754. The summed E-state index contributed by atoms with van der Waals surface area (Å²) >= 11 is 0. The first kappa shape index (κ1) is 18.5. The Morgan fingerprint density at radius 2 is 1.77 bits per heavy atom. The van der Waals surface area contributed by atoms with Crippen LogP contribution >= 0.6 is 0 Å². The SMILES string of the molecule is NC(Cc1ccccc1)C(=O)c1ccccc1/C=C/CN1CCNCC1. The summed E-state index contributed by atoms with van der Waals surface area (Å²) in [6.45, 7) is 5.11. The Bertz CT molecular complexity index is 736. The van der Waals surface area contributed by atoms with Gasteiger partial charge >= 0.3 is 0 Å². The van der Waals surface area contributed by atoms with Gasteiger partial charge in [0.2, 0.25) is 0 Å². The average Bonchev–Trinajstić information content (AvgIpc) is 2.69. The summed E-state index contributed by atoms with van der Waals surface area (Å²) in [5, 5.41) is 3.35. The molecule has 0 bridgehead atoms. The second-order valence-corrected chi connectivity index (χ2v) is 6.70. The van der Waals surface area contributed by atoms with Crippen molar-refractivity contribution in [3.8, 4) is 0 Å². The predicted molar refractivity (Wildman–Crippen MR) is 107 cm³/mol. The number of piperazine rings is 1. The molecule has 3 rings (SSSR count). The van der Waals surface area contributed by atoms with Crippen molar-refractivity contribution in [3.05, 3.63) is 77.4 Å². The zero-order chi connectivity index (χ0) is 18.2. The number of nitrogens with zero attached hydrogens (tertiary/aromatic N) is 1. The largest absolute Gasteiger partial charge is 0.321 e. The van der Waals surface area contributed by atoms with Crippen molar-refractivity contribution >= 4 is 11.9 Å². The van der Waals surface area contributed by atoms with Gasteiger partial charge in [0.1, 0.15) is 0 Å². The van der Waals surface area contributed by atoms with Gasteiger partial charge in [-0.3, -0.25) is 9.69 Å². The maximum absolute atomic E-state index is 12.9. The van der Waals surface area contributed by atoms with Gasteiger partial charge in [0.05, 0.1) is 6.04 Å². The highest BCUT2D eigenvalue weighted by molar-refractivity contribution is 6.03. The minimum absolute atomic E-state index is 0.00345. The Labute approximate surface area is 155 Å². The fourth-order valence-electron chi connectivity index (χ4n) is 3.25. The summed E-state index contributed by atoms with van der Waals surface area (Å²) < 4.78 is 0. The van der Waals surface area contributed by atoms with Gasteiger partial charge in [0, 0.05) is 38.3 Å². The van der Waals surface area contributed by atoms with Gasteiger partial charge in [0.15, 0.2) is 5.78 Å². The Morgan fingerprint density at radius 1 is 1.08 bits per heavy atom. The second kappa shape index (κ2) is 9.43. The van der Waals surface area contributed by atoms with Crippen LogP contribution < -0.4 is 11.1 Å². The van der Waals surface area contributed by atoms with Crippen molar-refractivity contribution in [2.75, 3.05) is 32.7 Å². The van der Waals surface area contributed by atoms with E-state index in [1.54, 1.807) is 0 Å². The van der Waals surface area contributed by atoms with E-state index < -0.39 is 6.04 Å². The zero-order valence-electron chi connectivity index (χ0n) is 15.1. The van der Waals surface area contributed by atoms with Gasteiger partial charge in [-0.1, -0.05) is 66.7 Å². The molecule has 3 N–H and O–H groups in total. The van der Waals surface area contributed by atoms with E-state index in [0.29, 0.717) is 12.0 Å². The lowest BCUT2D eigenvalue weighted by atomic mass is 9.95. The number of rotatable bonds is 7. The van der Waals surface area contributed by atoms with Crippen molar-refractivity contribution in [3.63, 3.8) is 0 Å². The average molecular weight is 349 g/mol. The van der Waals surface area contributed by atoms with E-state index in [9.17, 15) is 4.79 Å². The summed E-state index contributed by atoms with van der Waals surface area (Å²) in [6.07, 6.45) is 4.74. The molecule has 136 valence electrons. The molecular weight excluding hydrogens is 322 g/mol. The zero-order valence-corrected chi connectivity index (χ0v) is 15.1. The minimum atomic E-state index is -0.528. The third kappa shape index (κ3) is 5.11. The molecule has 1 saturated heterocycles. The first-order valence-electron chi connectivity index (χ1n) is 9.26. The van der Waals surface area contributed by atoms with Gasteiger partial charge < -0.3 is 11.1 Å². The maximum Gasteiger partial charge on any atom is 0.180 e. The standard InChI is InChI=1S/C22H27N3O/c23-21(17-18-7-2-1-3-8-18)22(26)20-11-5-4-9-19(20)10-6-14-25-15-12-24-13-16-25/h1-11,21,24H,12-17,23H2/b10-6+.